The van der Waals surface area contributed by atoms with Crippen LogP contribution in [-0.2, 0) is 4.74 Å². The molecule has 0 aliphatic carbocycles. The third-order valence-electron chi connectivity index (χ3n) is 2.21. The standard InChI is InChI=1S/C13H17BrO3/c1-4-16-8-9(2)17-13-7-11(14)5-6-12(13)10(3)15/h5-7,9H,4,8H2,1-3H3. The van der Waals surface area contributed by atoms with Gasteiger partial charge in [0.25, 0.3) is 0 Å². The van der Waals surface area contributed by atoms with Crippen LogP contribution in [-0.4, -0.2) is 25.1 Å². The summed E-state index contributed by atoms with van der Waals surface area (Å²) < 4.78 is 11.9. The number of ketones is 1. The van der Waals surface area contributed by atoms with Crippen LogP contribution in [0.25, 0.3) is 0 Å². The Bertz CT molecular complexity index is 390. The Kier molecular flexibility index (Phi) is 5.65. The van der Waals surface area contributed by atoms with Crippen molar-refractivity contribution in [1.29, 1.82) is 0 Å². The van der Waals surface area contributed by atoms with Crippen molar-refractivity contribution in [2.45, 2.75) is 26.9 Å². The van der Waals surface area contributed by atoms with E-state index in [1.165, 1.54) is 6.92 Å². The lowest BCUT2D eigenvalue weighted by Gasteiger charge is -2.16. The molecule has 0 heterocycles. The molecule has 0 bridgehead atoms. The van der Waals surface area contributed by atoms with E-state index in [9.17, 15) is 4.79 Å². The van der Waals surface area contributed by atoms with E-state index in [1.54, 1.807) is 12.1 Å². The minimum absolute atomic E-state index is 0.00360. The highest BCUT2D eigenvalue weighted by atomic mass is 79.9. The number of halogens is 1. The number of benzene rings is 1. The Morgan fingerprint density at radius 2 is 2.18 bits per heavy atom. The van der Waals surface area contributed by atoms with E-state index in [0.29, 0.717) is 24.5 Å². The molecule has 0 fully saturated rings. The molecule has 0 aromatic heterocycles. The number of hydrogen-bond donors (Lipinski definition) is 0. The summed E-state index contributed by atoms with van der Waals surface area (Å²) in [5.41, 5.74) is 0.594. The van der Waals surface area contributed by atoms with Crippen LogP contribution in [0.2, 0.25) is 0 Å². The summed E-state index contributed by atoms with van der Waals surface area (Å²) in [4.78, 5) is 11.4. The normalized spacial score (nSPS) is 12.2. The molecule has 1 atom stereocenters. The fraction of sp³-hybridized carbons (Fsp3) is 0.462. The van der Waals surface area contributed by atoms with Gasteiger partial charge in [-0.2, -0.15) is 0 Å². The Morgan fingerprint density at radius 3 is 2.76 bits per heavy atom. The average molecular weight is 301 g/mol. The fourth-order valence-corrected chi connectivity index (χ4v) is 1.76. The Labute approximate surface area is 110 Å². The van der Waals surface area contributed by atoms with Crippen LogP contribution < -0.4 is 4.74 Å². The smallest absolute Gasteiger partial charge is 0.163 e. The Balaban J connectivity index is 2.81. The van der Waals surface area contributed by atoms with Crippen LogP contribution in [0.4, 0.5) is 0 Å². The van der Waals surface area contributed by atoms with E-state index in [-0.39, 0.29) is 11.9 Å². The SMILES string of the molecule is CCOCC(C)Oc1cc(Br)ccc1C(C)=O. The van der Waals surface area contributed by atoms with Gasteiger partial charge in [-0.25, -0.2) is 0 Å². The molecule has 1 aromatic rings. The molecule has 94 valence electrons. The molecule has 0 aliphatic rings. The molecule has 0 spiro atoms. The van der Waals surface area contributed by atoms with Crippen LogP contribution in [0, 0.1) is 0 Å². The first-order chi connectivity index (χ1) is 8.04. The van der Waals surface area contributed by atoms with Gasteiger partial charge < -0.3 is 9.47 Å². The van der Waals surface area contributed by atoms with Crippen molar-refractivity contribution < 1.29 is 14.3 Å². The zero-order chi connectivity index (χ0) is 12.8. The molecule has 4 heteroatoms. The predicted molar refractivity (Wildman–Crippen MR) is 70.7 cm³/mol. The maximum atomic E-state index is 11.4. The number of hydrogen-bond acceptors (Lipinski definition) is 3. The monoisotopic (exact) mass is 300 g/mol. The first-order valence-electron chi connectivity index (χ1n) is 5.59. The Hall–Kier alpha value is -0.870. The summed E-state index contributed by atoms with van der Waals surface area (Å²) in [6.45, 7) is 6.56. The number of carbonyl (C=O) groups is 1. The summed E-state index contributed by atoms with van der Waals surface area (Å²) in [7, 11) is 0. The van der Waals surface area contributed by atoms with Gasteiger partial charge in [0.05, 0.1) is 12.2 Å². The minimum Gasteiger partial charge on any atom is -0.488 e. The van der Waals surface area contributed by atoms with Crippen molar-refractivity contribution in [3.8, 4) is 5.75 Å². The highest BCUT2D eigenvalue weighted by Gasteiger charge is 2.12. The van der Waals surface area contributed by atoms with Gasteiger partial charge in [0, 0.05) is 11.1 Å². The summed E-state index contributed by atoms with van der Waals surface area (Å²) in [5.74, 6) is 0.593. The molecular formula is C13H17BrO3. The van der Waals surface area contributed by atoms with Crippen molar-refractivity contribution in [1.82, 2.24) is 0 Å². The highest BCUT2D eigenvalue weighted by Crippen LogP contribution is 2.25. The molecule has 1 rings (SSSR count). The molecule has 1 unspecified atom stereocenters. The van der Waals surface area contributed by atoms with E-state index in [0.717, 1.165) is 4.47 Å². The quantitative estimate of drug-likeness (QED) is 0.755. The van der Waals surface area contributed by atoms with E-state index in [4.69, 9.17) is 9.47 Å². The second-order valence-electron chi connectivity index (χ2n) is 3.78. The van der Waals surface area contributed by atoms with Crippen molar-refractivity contribution in [3.63, 3.8) is 0 Å². The molecule has 0 saturated carbocycles. The lowest BCUT2D eigenvalue weighted by molar-refractivity contribution is 0.0648. The van der Waals surface area contributed by atoms with Crippen molar-refractivity contribution in [2.75, 3.05) is 13.2 Å². The maximum Gasteiger partial charge on any atom is 0.163 e. The van der Waals surface area contributed by atoms with Crippen LogP contribution in [0.5, 0.6) is 5.75 Å². The zero-order valence-electron chi connectivity index (χ0n) is 10.3. The van der Waals surface area contributed by atoms with E-state index in [1.807, 2.05) is 19.9 Å². The largest absolute Gasteiger partial charge is 0.488 e. The molecule has 0 saturated heterocycles. The highest BCUT2D eigenvalue weighted by molar-refractivity contribution is 9.10. The summed E-state index contributed by atoms with van der Waals surface area (Å²) in [6, 6.07) is 5.39. The minimum atomic E-state index is -0.0812. The second kappa shape index (κ2) is 6.77. The van der Waals surface area contributed by atoms with Gasteiger partial charge in [-0.05, 0) is 39.0 Å². The zero-order valence-corrected chi connectivity index (χ0v) is 11.9. The van der Waals surface area contributed by atoms with E-state index in [2.05, 4.69) is 15.9 Å². The molecule has 0 N–H and O–H groups in total. The van der Waals surface area contributed by atoms with Crippen LogP contribution >= 0.6 is 15.9 Å². The lowest BCUT2D eigenvalue weighted by atomic mass is 10.1. The van der Waals surface area contributed by atoms with Gasteiger partial charge in [-0.3, -0.25) is 4.79 Å². The number of carbonyl (C=O) groups excluding carboxylic acids is 1. The van der Waals surface area contributed by atoms with E-state index >= 15 is 0 Å². The third-order valence-corrected chi connectivity index (χ3v) is 2.70. The first kappa shape index (κ1) is 14.2. The van der Waals surface area contributed by atoms with Crippen LogP contribution in [0.15, 0.2) is 22.7 Å². The third kappa shape index (κ3) is 4.48. The summed E-state index contributed by atoms with van der Waals surface area (Å²) in [5, 5.41) is 0. The molecule has 1 aromatic carbocycles. The average Bonchev–Trinajstić information content (AvgIpc) is 2.26. The van der Waals surface area contributed by atoms with Gasteiger partial charge in [-0.1, -0.05) is 15.9 Å². The lowest BCUT2D eigenvalue weighted by Crippen LogP contribution is -2.20. The van der Waals surface area contributed by atoms with Gasteiger partial charge in [0.15, 0.2) is 5.78 Å². The maximum absolute atomic E-state index is 11.4. The molecule has 3 nitrogen and oxygen atoms in total. The number of rotatable bonds is 6. The first-order valence-corrected chi connectivity index (χ1v) is 6.38. The molecule has 0 aliphatic heterocycles. The fourth-order valence-electron chi connectivity index (χ4n) is 1.42. The van der Waals surface area contributed by atoms with Crippen molar-refractivity contribution in [3.05, 3.63) is 28.2 Å². The molecule has 17 heavy (non-hydrogen) atoms. The summed E-state index contributed by atoms with van der Waals surface area (Å²) >= 11 is 3.37. The molecule has 0 radical (unpaired) electrons. The topological polar surface area (TPSA) is 35.5 Å². The van der Waals surface area contributed by atoms with Gasteiger partial charge in [-0.15, -0.1) is 0 Å². The number of ether oxygens (including phenoxy) is 2. The Morgan fingerprint density at radius 1 is 1.47 bits per heavy atom. The second-order valence-corrected chi connectivity index (χ2v) is 4.70. The molecular weight excluding hydrogens is 284 g/mol. The van der Waals surface area contributed by atoms with E-state index < -0.39 is 0 Å². The summed E-state index contributed by atoms with van der Waals surface area (Å²) in [6.07, 6.45) is -0.0812. The predicted octanol–water partition coefficient (Wildman–Crippen LogP) is 3.46. The van der Waals surface area contributed by atoms with Crippen molar-refractivity contribution in [2.24, 2.45) is 0 Å². The molecule has 0 amide bonds. The van der Waals surface area contributed by atoms with Gasteiger partial charge in [0.2, 0.25) is 0 Å². The van der Waals surface area contributed by atoms with Gasteiger partial charge in [0.1, 0.15) is 11.9 Å². The van der Waals surface area contributed by atoms with Gasteiger partial charge >= 0.3 is 0 Å². The van der Waals surface area contributed by atoms with Crippen molar-refractivity contribution >= 4 is 21.7 Å². The number of Topliss-reactive ketones (excluding diaryl/α,β-unsaturated/α-hetero) is 1. The van der Waals surface area contributed by atoms with Crippen LogP contribution in [0.1, 0.15) is 31.1 Å². The van der Waals surface area contributed by atoms with Crippen LogP contribution in [0.3, 0.4) is 0 Å².